The molecular weight excluding hydrogens is 384 g/mol. The summed E-state index contributed by atoms with van der Waals surface area (Å²) >= 11 is 0. The summed E-state index contributed by atoms with van der Waals surface area (Å²) in [6.07, 6.45) is 7.89. The van der Waals surface area contributed by atoms with Crippen molar-refractivity contribution < 1.29 is 14.7 Å². The van der Waals surface area contributed by atoms with Gasteiger partial charge in [-0.25, -0.2) is 0 Å². The van der Waals surface area contributed by atoms with Crippen molar-refractivity contribution in [2.24, 2.45) is 52.3 Å². The first kappa shape index (κ1) is 23.2. The maximum atomic E-state index is 13.8. The highest BCUT2D eigenvalue weighted by Gasteiger charge is 2.65. The lowest BCUT2D eigenvalue weighted by atomic mass is 9.43. The predicted octanol–water partition coefficient (Wildman–Crippen LogP) is 5.99. The number of rotatable bonds is 5. The largest absolute Gasteiger partial charge is 0.393 e. The molecule has 0 radical (unpaired) electrons. The molecule has 0 aliphatic heterocycles. The molecule has 0 bridgehead atoms. The second kappa shape index (κ2) is 8.12. The van der Waals surface area contributed by atoms with Gasteiger partial charge in [0.05, 0.1) is 6.10 Å². The third-order valence-corrected chi connectivity index (χ3v) is 10.8. The first-order valence-corrected chi connectivity index (χ1v) is 12.9. The van der Waals surface area contributed by atoms with E-state index in [1.807, 2.05) is 0 Å². The fourth-order valence-corrected chi connectivity index (χ4v) is 8.65. The van der Waals surface area contributed by atoms with Crippen LogP contribution in [0.25, 0.3) is 0 Å². The molecule has 0 saturated heterocycles. The van der Waals surface area contributed by atoms with Crippen LogP contribution < -0.4 is 0 Å². The van der Waals surface area contributed by atoms with Gasteiger partial charge in [-0.2, -0.15) is 0 Å². The second-order valence-corrected chi connectivity index (χ2v) is 12.5. The number of Topliss-reactive ketones (excluding diaryl/α,β-unsaturated/α-hetero) is 2. The summed E-state index contributed by atoms with van der Waals surface area (Å²) < 4.78 is 0. The zero-order valence-electron chi connectivity index (χ0n) is 20.5. The fraction of sp³-hybridized carbons (Fsp3) is 0.857. The number of aliphatic hydroxyl groups excluding tert-OH is 1. The number of carbonyl (C=O) groups excluding carboxylic acids is 2. The van der Waals surface area contributed by atoms with Crippen LogP contribution in [0.3, 0.4) is 0 Å². The predicted molar refractivity (Wildman–Crippen MR) is 124 cm³/mol. The van der Waals surface area contributed by atoms with E-state index in [1.165, 1.54) is 12.0 Å². The number of allylic oxidation sites excluding steroid dienone is 1. The van der Waals surface area contributed by atoms with E-state index in [0.29, 0.717) is 54.5 Å². The van der Waals surface area contributed by atoms with Crippen LogP contribution in [0.1, 0.15) is 92.4 Å². The highest BCUT2D eigenvalue weighted by molar-refractivity contribution is 5.94. The topological polar surface area (TPSA) is 54.4 Å². The van der Waals surface area contributed by atoms with Gasteiger partial charge in [-0.15, -0.1) is 0 Å². The average molecular weight is 429 g/mol. The van der Waals surface area contributed by atoms with Gasteiger partial charge in [0.25, 0.3) is 0 Å². The molecule has 174 valence electrons. The Kier molecular flexibility index (Phi) is 6.08. The van der Waals surface area contributed by atoms with E-state index in [4.69, 9.17) is 0 Å². The molecule has 4 fully saturated rings. The molecule has 3 heteroatoms. The summed E-state index contributed by atoms with van der Waals surface area (Å²) in [4.78, 5) is 27.2. The van der Waals surface area contributed by atoms with Gasteiger partial charge in [-0.3, -0.25) is 9.59 Å². The maximum Gasteiger partial charge on any atom is 0.137 e. The van der Waals surface area contributed by atoms with Crippen LogP contribution in [-0.4, -0.2) is 22.8 Å². The number of fused-ring (bicyclic) bond motifs is 5. The van der Waals surface area contributed by atoms with Crippen LogP contribution >= 0.6 is 0 Å². The van der Waals surface area contributed by atoms with Gasteiger partial charge in [0.1, 0.15) is 11.6 Å². The number of ketones is 2. The standard InChI is InChI=1S/C28H44O3/c1-16(2)17(3)7-8-18(4)21-9-10-22-25-23(30)14-19-13-20(29)11-12-27(19,5)26(25)24(31)15-28(21,22)6/h17-22,25-26,29H,1,7-15H2,2-6H3/t17-,18+,19?,20?,21+,22-,25+,26-,27-,28+/m0/s1. The van der Waals surface area contributed by atoms with Crippen LogP contribution in [0.4, 0.5) is 0 Å². The van der Waals surface area contributed by atoms with Gasteiger partial charge >= 0.3 is 0 Å². The molecule has 31 heavy (non-hydrogen) atoms. The van der Waals surface area contributed by atoms with Crippen molar-refractivity contribution in [2.75, 3.05) is 0 Å². The zero-order valence-corrected chi connectivity index (χ0v) is 20.5. The summed E-state index contributed by atoms with van der Waals surface area (Å²) in [5.41, 5.74) is 1.13. The van der Waals surface area contributed by atoms with Crippen LogP contribution in [0.2, 0.25) is 0 Å². The van der Waals surface area contributed by atoms with Crippen molar-refractivity contribution in [1.29, 1.82) is 0 Å². The van der Waals surface area contributed by atoms with E-state index in [1.54, 1.807) is 0 Å². The molecule has 4 aliphatic rings. The summed E-state index contributed by atoms with van der Waals surface area (Å²) in [5.74, 6) is 2.69. The van der Waals surface area contributed by atoms with Gasteiger partial charge in [0.2, 0.25) is 0 Å². The molecule has 4 rings (SSSR count). The Labute approximate surface area is 189 Å². The first-order valence-electron chi connectivity index (χ1n) is 12.9. The summed E-state index contributed by atoms with van der Waals surface area (Å²) in [6, 6.07) is 0. The van der Waals surface area contributed by atoms with E-state index < -0.39 is 0 Å². The number of hydrogen-bond donors (Lipinski definition) is 1. The molecule has 0 aromatic carbocycles. The molecule has 3 nitrogen and oxygen atoms in total. The third kappa shape index (κ3) is 3.67. The van der Waals surface area contributed by atoms with Gasteiger partial charge in [0, 0.05) is 24.7 Å². The first-order chi connectivity index (χ1) is 14.5. The molecule has 0 aromatic rings. The van der Waals surface area contributed by atoms with Gasteiger partial charge < -0.3 is 5.11 Å². The van der Waals surface area contributed by atoms with Gasteiger partial charge in [0.15, 0.2) is 0 Å². The molecule has 0 amide bonds. The lowest BCUT2D eigenvalue weighted by Gasteiger charge is -2.59. The van der Waals surface area contributed by atoms with Crippen molar-refractivity contribution in [3.63, 3.8) is 0 Å². The molecule has 4 saturated carbocycles. The molecule has 1 N–H and O–H groups in total. The molecule has 0 spiro atoms. The summed E-state index contributed by atoms with van der Waals surface area (Å²) in [7, 11) is 0. The monoisotopic (exact) mass is 428 g/mol. The fourth-order valence-electron chi connectivity index (χ4n) is 8.65. The van der Waals surface area contributed by atoms with Crippen LogP contribution in [0, 0.1) is 52.3 Å². The normalized spacial score (nSPS) is 46.6. The van der Waals surface area contributed by atoms with Crippen molar-refractivity contribution in [1.82, 2.24) is 0 Å². The summed E-state index contributed by atoms with van der Waals surface area (Å²) in [5, 5.41) is 10.2. The Bertz CT molecular complexity index is 755. The molecule has 0 heterocycles. The number of aliphatic hydroxyl groups is 1. The van der Waals surface area contributed by atoms with Gasteiger partial charge in [-0.05, 0) is 92.3 Å². The van der Waals surface area contributed by atoms with Crippen molar-refractivity contribution in [3.05, 3.63) is 12.2 Å². The molecule has 4 aliphatic carbocycles. The molecule has 0 aromatic heterocycles. The van der Waals surface area contributed by atoms with Crippen LogP contribution in [-0.2, 0) is 9.59 Å². The van der Waals surface area contributed by atoms with Crippen molar-refractivity contribution in [2.45, 2.75) is 98.5 Å². The summed E-state index contributed by atoms with van der Waals surface area (Å²) in [6.45, 7) is 15.5. The Morgan fingerprint density at radius 3 is 2.48 bits per heavy atom. The minimum absolute atomic E-state index is 0.0306. The van der Waals surface area contributed by atoms with E-state index in [2.05, 4.69) is 41.2 Å². The SMILES string of the molecule is C=C(C)[C@@H](C)CC[C@@H](C)[C@H]1CC[C@H]2[C@@H]3C(=O)CC4CC(O)CC[C@]4(C)[C@H]3C(=O)C[C@]12C. The molecular formula is C28H44O3. The van der Waals surface area contributed by atoms with Crippen molar-refractivity contribution in [3.8, 4) is 0 Å². The zero-order chi connectivity index (χ0) is 22.7. The minimum Gasteiger partial charge on any atom is -0.393 e. The van der Waals surface area contributed by atoms with Crippen LogP contribution in [0.15, 0.2) is 12.2 Å². The Morgan fingerprint density at radius 1 is 1.10 bits per heavy atom. The molecule has 10 atom stereocenters. The van der Waals surface area contributed by atoms with Crippen LogP contribution in [0.5, 0.6) is 0 Å². The quantitative estimate of drug-likeness (QED) is 0.547. The van der Waals surface area contributed by atoms with Crippen molar-refractivity contribution >= 4 is 11.6 Å². The Morgan fingerprint density at radius 2 is 1.81 bits per heavy atom. The number of carbonyl (C=O) groups is 2. The highest BCUT2D eigenvalue weighted by Crippen LogP contribution is 2.66. The Hall–Kier alpha value is -0.960. The lowest BCUT2D eigenvalue weighted by molar-refractivity contribution is -0.171. The third-order valence-electron chi connectivity index (χ3n) is 10.8. The second-order valence-electron chi connectivity index (χ2n) is 12.5. The average Bonchev–Trinajstić information content (AvgIpc) is 3.03. The smallest absolute Gasteiger partial charge is 0.137 e. The van der Waals surface area contributed by atoms with E-state index >= 15 is 0 Å². The highest BCUT2D eigenvalue weighted by atomic mass is 16.3. The van der Waals surface area contributed by atoms with Gasteiger partial charge in [-0.1, -0.05) is 39.8 Å². The Balaban J connectivity index is 1.57. The number of hydrogen-bond acceptors (Lipinski definition) is 3. The van der Waals surface area contributed by atoms with E-state index in [9.17, 15) is 14.7 Å². The maximum absolute atomic E-state index is 13.8. The molecule has 2 unspecified atom stereocenters. The minimum atomic E-state index is -0.301. The van der Waals surface area contributed by atoms with E-state index in [-0.39, 0.29) is 34.7 Å². The lowest BCUT2D eigenvalue weighted by Crippen LogP contribution is -2.60. The van der Waals surface area contributed by atoms with E-state index in [0.717, 1.165) is 32.1 Å².